The molecule has 21 heavy (non-hydrogen) atoms. The minimum atomic E-state index is 0.535. The number of halogens is 2. The fourth-order valence-electron chi connectivity index (χ4n) is 1.96. The normalized spacial score (nSPS) is 10.8. The van der Waals surface area contributed by atoms with E-state index in [1.807, 2.05) is 36.4 Å². The van der Waals surface area contributed by atoms with Crippen LogP contribution in [0.3, 0.4) is 0 Å². The lowest BCUT2D eigenvalue weighted by molar-refractivity contribution is 0.687. The highest BCUT2D eigenvalue weighted by atomic mass is 35.5. The third kappa shape index (κ3) is 3.17. The second-order valence-electron chi connectivity index (χ2n) is 4.64. The molecule has 2 aromatic carbocycles. The van der Waals surface area contributed by atoms with E-state index in [-0.39, 0.29) is 0 Å². The molecule has 0 fully saturated rings. The van der Waals surface area contributed by atoms with Gasteiger partial charge in [0.25, 0.3) is 0 Å². The zero-order chi connectivity index (χ0) is 14.8. The number of anilines is 1. The largest absolute Gasteiger partial charge is 0.399 e. The van der Waals surface area contributed by atoms with Gasteiger partial charge in [-0.1, -0.05) is 29.3 Å². The van der Waals surface area contributed by atoms with Crippen LogP contribution in [0.2, 0.25) is 10.0 Å². The predicted molar refractivity (Wildman–Crippen MR) is 85.4 cm³/mol. The Morgan fingerprint density at radius 2 is 1.76 bits per heavy atom. The maximum atomic E-state index is 6.01. The van der Waals surface area contributed by atoms with Crippen molar-refractivity contribution in [3.05, 3.63) is 64.4 Å². The fourth-order valence-corrected chi connectivity index (χ4v) is 2.28. The molecular weight excluding hydrogens is 307 g/mol. The lowest BCUT2D eigenvalue weighted by Gasteiger charge is -2.03. The van der Waals surface area contributed by atoms with Gasteiger partial charge in [0.05, 0.1) is 16.6 Å². The van der Waals surface area contributed by atoms with Gasteiger partial charge in [-0.05, 0) is 42.0 Å². The number of nitrogen functional groups attached to an aromatic ring is 1. The molecule has 4 nitrogen and oxygen atoms in total. The topological polar surface area (TPSA) is 56.7 Å². The molecule has 0 atom stereocenters. The summed E-state index contributed by atoms with van der Waals surface area (Å²) >= 11 is 11.9. The second kappa shape index (κ2) is 5.76. The van der Waals surface area contributed by atoms with E-state index in [0.29, 0.717) is 28.1 Å². The van der Waals surface area contributed by atoms with Crippen molar-refractivity contribution in [2.45, 2.75) is 6.54 Å². The van der Waals surface area contributed by atoms with Gasteiger partial charge in [-0.15, -0.1) is 0 Å². The van der Waals surface area contributed by atoms with Crippen LogP contribution in [0.25, 0.3) is 11.4 Å². The van der Waals surface area contributed by atoms with Crippen molar-refractivity contribution in [2.75, 3.05) is 5.73 Å². The molecule has 2 N–H and O–H groups in total. The zero-order valence-corrected chi connectivity index (χ0v) is 12.5. The second-order valence-corrected chi connectivity index (χ2v) is 5.45. The molecule has 0 radical (unpaired) electrons. The molecule has 0 saturated carbocycles. The number of nitrogens with two attached hydrogens (primary N) is 1. The standard InChI is InChI=1S/C15H12Cl2N4/c16-13-6-1-10(7-14(13)17)8-21-9-19-15(20-21)11-2-4-12(18)5-3-11/h1-7,9H,8,18H2. The molecule has 0 amide bonds. The summed E-state index contributed by atoms with van der Waals surface area (Å²) in [6.45, 7) is 0.582. The maximum Gasteiger partial charge on any atom is 0.181 e. The summed E-state index contributed by atoms with van der Waals surface area (Å²) in [5, 5.41) is 5.52. The molecule has 6 heteroatoms. The summed E-state index contributed by atoms with van der Waals surface area (Å²) in [6.07, 6.45) is 1.69. The Kier molecular flexibility index (Phi) is 3.82. The summed E-state index contributed by atoms with van der Waals surface area (Å²) in [6, 6.07) is 13.0. The van der Waals surface area contributed by atoms with Crippen molar-refractivity contribution in [3.63, 3.8) is 0 Å². The molecule has 0 saturated heterocycles. The first kappa shape index (κ1) is 13.9. The lowest BCUT2D eigenvalue weighted by atomic mass is 10.2. The van der Waals surface area contributed by atoms with Gasteiger partial charge in [0.2, 0.25) is 0 Å². The Labute approximate surface area is 132 Å². The van der Waals surface area contributed by atoms with Crippen LogP contribution in [0, 0.1) is 0 Å². The van der Waals surface area contributed by atoms with E-state index >= 15 is 0 Å². The van der Waals surface area contributed by atoms with E-state index in [0.717, 1.165) is 11.1 Å². The van der Waals surface area contributed by atoms with Crippen molar-refractivity contribution in [3.8, 4) is 11.4 Å². The van der Waals surface area contributed by atoms with Gasteiger partial charge in [0.1, 0.15) is 6.33 Å². The quantitative estimate of drug-likeness (QED) is 0.745. The molecule has 1 aromatic heterocycles. The monoisotopic (exact) mass is 318 g/mol. The highest BCUT2D eigenvalue weighted by Crippen LogP contribution is 2.23. The maximum absolute atomic E-state index is 6.01. The van der Waals surface area contributed by atoms with Crippen LogP contribution in [0.4, 0.5) is 5.69 Å². The first-order valence-electron chi connectivity index (χ1n) is 6.31. The first-order valence-corrected chi connectivity index (χ1v) is 7.07. The predicted octanol–water partition coefficient (Wildman–Crippen LogP) is 3.88. The highest BCUT2D eigenvalue weighted by molar-refractivity contribution is 6.42. The van der Waals surface area contributed by atoms with Gasteiger partial charge in [-0.2, -0.15) is 5.10 Å². The van der Waals surface area contributed by atoms with Crippen LogP contribution >= 0.6 is 23.2 Å². The van der Waals surface area contributed by atoms with Gasteiger partial charge >= 0.3 is 0 Å². The minimum Gasteiger partial charge on any atom is -0.399 e. The highest BCUT2D eigenvalue weighted by Gasteiger charge is 2.05. The third-order valence-corrected chi connectivity index (χ3v) is 3.77. The molecule has 0 bridgehead atoms. The third-order valence-electron chi connectivity index (χ3n) is 3.03. The summed E-state index contributed by atoms with van der Waals surface area (Å²) in [5.41, 5.74) is 8.33. The van der Waals surface area contributed by atoms with Crippen LogP contribution < -0.4 is 5.73 Å². The summed E-state index contributed by atoms with van der Waals surface area (Å²) in [7, 11) is 0. The SMILES string of the molecule is Nc1ccc(-c2ncn(Cc3ccc(Cl)c(Cl)c3)n2)cc1. The van der Waals surface area contributed by atoms with E-state index in [1.165, 1.54) is 0 Å². The first-order chi connectivity index (χ1) is 10.1. The Morgan fingerprint density at radius 3 is 2.48 bits per heavy atom. The number of aromatic nitrogens is 3. The number of nitrogens with zero attached hydrogens (tertiary/aromatic N) is 3. The molecule has 0 spiro atoms. The van der Waals surface area contributed by atoms with E-state index in [1.54, 1.807) is 17.1 Å². The lowest BCUT2D eigenvalue weighted by Crippen LogP contribution is -2.00. The molecule has 0 unspecified atom stereocenters. The van der Waals surface area contributed by atoms with E-state index < -0.39 is 0 Å². The minimum absolute atomic E-state index is 0.535. The van der Waals surface area contributed by atoms with Crippen molar-refractivity contribution in [2.24, 2.45) is 0 Å². The van der Waals surface area contributed by atoms with E-state index in [4.69, 9.17) is 28.9 Å². The molecule has 0 aliphatic rings. The Bertz CT molecular complexity index is 766. The van der Waals surface area contributed by atoms with Crippen LogP contribution in [0.1, 0.15) is 5.56 Å². The zero-order valence-electron chi connectivity index (χ0n) is 11.0. The smallest absolute Gasteiger partial charge is 0.181 e. The van der Waals surface area contributed by atoms with Gasteiger partial charge in [0.15, 0.2) is 5.82 Å². The van der Waals surface area contributed by atoms with Gasteiger partial charge in [0, 0.05) is 11.3 Å². The number of hydrogen-bond donors (Lipinski definition) is 1. The van der Waals surface area contributed by atoms with Crippen molar-refractivity contribution < 1.29 is 0 Å². The van der Waals surface area contributed by atoms with E-state index in [9.17, 15) is 0 Å². The van der Waals surface area contributed by atoms with E-state index in [2.05, 4.69) is 10.1 Å². The molecule has 3 aromatic rings. The number of rotatable bonds is 3. The summed E-state index contributed by atoms with van der Waals surface area (Å²) in [4.78, 5) is 4.30. The van der Waals surface area contributed by atoms with Crippen LogP contribution in [0.5, 0.6) is 0 Å². The van der Waals surface area contributed by atoms with Gasteiger partial charge < -0.3 is 5.73 Å². The Balaban J connectivity index is 1.81. The Morgan fingerprint density at radius 1 is 1.00 bits per heavy atom. The molecule has 106 valence electrons. The van der Waals surface area contributed by atoms with Crippen molar-refractivity contribution >= 4 is 28.9 Å². The Hall–Kier alpha value is -2.04. The number of hydrogen-bond acceptors (Lipinski definition) is 3. The molecule has 1 heterocycles. The van der Waals surface area contributed by atoms with Crippen LogP contribution in [0.15, 0.2) is 48.8 Å². The molecule has 0 aliphatic heterocycles. The van der Waals surface area contributed by atoms with Crippen molar-refractivity contribution in [1.82, 2.24) is 14.8 Å². The van der Waals surface area contributed by atoms with Crippen molar-refractivity contribution in [1.29, 1.82) is 0 Å². The van der Waals surface area contributed by atoms with Crippen LogP contribution in [-0.2, 0) is 6.54 Å². The van der Waals surface area contributed by atoms with Crippen LogP contribution in [-0.4, -0.2) is 14.8 Å². The molecule has 0 aliphatic carbocycles. The average Bonchev–Trinajstić information content (AvgIpc) is 2.92. The van der Waals surface area contributed by atoms with Gasteiger partial charge in [-0.25, -0.2) is 9.67 Å². The summed E-state index contributed by atoms with van der Waals surface area (Å²) in [5.74, 6) is 0.662. The summed E-state index contributed by atoms with van der Waals surface area (Å²) < 4.78 is 1.76. The number of benzene rings is 2. The fraction of sp³-hybridized carbons (Fsp3) is 0.0667. The molecular formula is C15H12Cl2N4. The average molecular weight is 319 g/mol. The van der Waals surface area contributed by atoms with Gasteiger partial charge in [-0.3, -0.25) is 0 Å². The molecule has 3 rings (SSSR count).